The predicted molar refractivity (Wildman–Crippen MR) is 109 cm³/mol. The number of nitrogens with one attached hydrogen (secondary N) is 2. The molecule has 3 aromatic heterocycles. The molecule has 32 heavy (non-hydrogen) atoms. The molecule has 5 rings (SSSR count). The van der Waals surface area contributed by atoms with Gasteiger partial charge >= 0.3 is 0 Å². The van der Waals surface area contributed by atoms with E-state index in [0.29, 0.717) is 35.6 Å². The number of halogens is 2. The maximum Gasteiger partial charge on any atom is 0.242 e. The molecule has 1 aliphatic heterocycles. The monoisotopic (exact) mass is 437 g/mol. The van der Waals surface area contributed by atoms with Crippen molar-refractivity contribution in [1.82, 2.24) is 30.2 Å². The summed E-state index contributed by atoms with van der Waals surface area (Å²) >= 11 is 0. The number of amides is 1. The fourth-order valence-corrected chi connectivity index (χ4v) is 3.47. The Kier molecular flexibility index (Phi) is 5.06. The summed E-state index contributed by atoms with van der Waals surface area (Å²) in [5, 5.41) is 13.9. The van der Waals surface area contributed by atoms with Crippen LogP contribution in [0, 0.1) is 11.6 Å². The standard InChI is InChI=1S/C21H17F2N7O2/c22-13-4-2-1-3-12(13)11-30-18(15-6-8-32-29-15)9-17(28-30)20-25-10-14(23)19(27-20)26-16-5-7-24-21(16)31/h1-4,6,8-10,16H,5,7,11H2,(H,24,31)(H,25,26,27)/t16-/m0/s1. The van der Waals surface area contributed by atoms with Crippen LogP contribution in [0.25, 0.3) is 22.9 Å². The van der Waals surface area contributed by atoms with E-state index in [9.17, 15) is 13.6 Å². The number of hydrogen-bond donors (Lipinski definition) is 2. The molecule has 4 aromatic rings. The van der Waals surface area contributed by atoms with Crippen molar-refractivity contribution in [3.63, 3.8) is 0 Å². The smallest absolute Gasteiger partial charge is 0.242 e. The minimum absolute atomic E-state index is 0.0938. The first-order valence-corrected chi connectivity index (χ1v) is 9.87. The molecule has 0 unspecified atom stereocenters. The average Bonchev–Trinajstić information content (AvgIpc) is 3.53. The minimum Gasteiger partial charge on any atom is -0.364 e. The van der Waals surface area contributed by atoms with Crippen LogP contribution in [-0.4, -0.2) is 43.4 Å². The zero-order valence-corrected chi connectivity index (χ0v) is 16.6. The van der Waals surface area contributed by atoms with E-state index < -0.39 is 11.9 Å². The summed E-state index contributed by atoms with van der Waals surface area (Å²) in [7, 11) is 0. The molecule has 1 saturated heterocycles. The number of rotatable bonds is 6. The average molecular weight is 437 g/mol. The van der Waals surface area contributed by atoms with Gasteiger partial charge in [0.2, 0.25) is 5.91 Å². The number of anilines is 1. The first kappa shape index (κ1) is 19.8. The molecular weight excluding hydrogens is 420 g/mol. The summed E-state index contributed by atoms with van der Waals surface area (Å²) in [6, 6.07) is 9.11. The Morgan fingerprint density at radius 1 is 1.19 bits per heavy atom. The van der Waals surface area contributed by atoms with E-state index >= 15 is 0 Å². The van der Waals surface area contributed by atoms with Gasteiger partial charge in [0.15, 0.2) is 17.5 Å². The molecular formula is C21H17F2N7O2. The lowest BCUT2D eigenvalue weighted by Gasteiger charge is -2.11. The second-order valence-corrected chi connectivity index (χ2v) is 7.22. The third-order valence-electron chi connectivity index (χ3n) is 5.09. The molecule has 0 bridgehead atoms. The Hall–Kier alpha value is -4.15. The molecule has 1 atom stereocenters. The number of carbonyl (C=O) groups excluding carboxylic acids is 1. The van der Waals surface area contributed by atoms with Crippen molar-refractivity contribution in [1.29, 1.82) is 0 Å². The Bertz CT molecular complexity index is 1270. The van der Waals surface area contributed by atoms with Gasteiger partial charge < -0.3 is 15.2 Å². The first-order valence-electron chi connectivity index (χ1n) is 9.87. The summed E-state index contributed by atoms with van der Waals surface area (Å²) in [5.74, 6) is -1.22. The molecule has 11 heteroatoms. The van der Waals surface area contributed by atoms with Gasteiger partial charge in [-0.1, -0.05) is 23.4 Å². The molecule has 4 heterocycles. The number of hydrogen-bond acceptors (Lipinski definition) is 7. The van der Waals surface area contributed by atoms with E-state index in [0.717, 1.165) is 6.20 Å². The number of benzene rings is 1. The first-order chi connectivity index (χ1) is 15.6. The number of carbonyl (C=O) groups is 1. The fraction of sp³-hybridized carbons (Fsp3) is 0.190. The van der Waals surface area contributed by atoms with Crippen LogP contribution in [0.3, 0.4) is 0 Å². The topological polar surface area (TPSA) is 111 Å². The van der Waals surface area contributed by atoms with Crippen LogP contribution >= 0.6 is 0 Å². The van der Waals surface area contributed by atoms with E-state index in [1.807, 2.05) is 0 Å². The highest BCUT2D eigenvalue weighted by atomic mass is 19.1. The van der Waals surface area contributed by atoms with Gasteiger partial charge in [0.05, 0.1) is 18.4 Å². The lowest BCUT2D eigenvalue weighted by Crippen LogP contribution is -2.30. The van der Waals surface area contributed by atoms with E-state index in [2.05, 4.69) is 30.9 Å². The highest BCUT2D eigenvalue weighted by Crippen LogP contribution is 2.26. The molecule has 162 valence electrons. The third kappa shape index (κ3) is 3.80. The van der Waals surface area contributed by atoms with Crippen molar-refractivity contribution >= 4 is 11.7 Å². The Morgan fingerprint density at radius 2 is 2.06 bits per heavy atom. The van der Waals surface area contributed by atoms with Crippen LogP contribution in [0.15, 0.2) is 53.4 Å². The van der Waals surface area contributed by atoms with Gasteiger partial charge in [-0.2, -0.15) is 5.10 Å². The summed E-state index contributed by atoms with van der Waals surface area (Å²) in [6.07, 6.45) is 2.95. The van der Waals surface area contributed by atoms with Crippen molar-refractivity contribution in [2.75, 3.05) is 11.9 Å². The van der Waals surface area contributed by atoms with Gasteiger partial charge in [-0.05, 0) is 18.6 Å². The van der Waals surface area contributed by atoms with Gasteiger partial charge in [0.1, 0.15) is 29.5 Å². The molecule has 9 nitrogen and oxygen atoms in total. The summed E-state index contributed by atoms with van der Waals surface area (Å²) in [5.41, 5.74) is 1.80. The summed E-state index contributed by atoms with van der Waals surface area (Å²) in [6.45, 7) is 0.640. The zero-order chi connectivity index (χ0) is 22.1. The molecule has 1 amide bonds. The van der Waals surface area contributed by atoms with Crippen LogP contribution < -0.4 is 10.6 Å². The van der Waals surface area contributed by atoms with Crippen molar-refractivity contribution < 1.29 is 18.1 Å². The maximum absolute atomic E-state index is 14.3. The minimum atomic E-state index is -0.684. The van der Waals surface area contributed by atoms with E-state index in [4.69, 9.17) is 4.52 Å². The largest absolute Gasteiger partial charge is 0.364 e. The molecule has 1 aromatic carbocycles. The van der Waals surface area contributed by atoms with E-state index in [1.54, 1.807) is 35.0 Å². The van der Waals surface area contributed by atoms with Crippen LogP contribution in [0.4, 0.5) is 14.6 Å². The fourth-order valence-electron chi connectivity index (χ4n) is 3.47. The number of nitrogens with zero attached hydrogens (tertiary/aromatic N) is 5. The molecule has 2 N–H and O–H groups in total. The molecule has 1 aliphatic rings. The summed E-state index contributed by atoms with van der Waals surface area (Å²) < 4.78 is 35.0. The normalized spacial score (nSPS) is 15.7. The van der Waals surface area contributed by atoms with Crippen LogP contribution in [0.1, 0.15) is 12.0 Å². The van der Waals surface area contributed by atoms with Gasteiger partial charge in [0.25, 0.3) is 0 Å². The quantitative estimate of drug-likeness (QED) is 0.477. The van der Waals surface area contributed by atoms with E-state index in [-0.39, 0.29) is 29.9 Å². The maximum atomic E-state index is 14.3. The molecule has 0 spiro atoms. The van der Waals surface area contributed by atoms with Crippen molar-refractivity contribution in [3.8, 4) is 22.9 Å². The SMILES string of the molecule is O=C1NCC[C@@H]1Nc1nc(-c2cc(-c3ccon3)n(Cc3ccccc3F)n2)ncc1F. The van der Waals surface area contributed by atoms with Crippen LogP contribution in [-0.2, 0) is 11.3 Å². The Labute approximate surface area is 180 Å². The lowest BCUT2D eigenvalue weighted by atomic mass is 10.2. The van der Waals surface area contributed by atoms with Crippen LogP contribution in [0.2, 0.25) is 0 Å². The number of aromatic nitrogens is 5. The van der Waals surface area contributed by atoms with Gasteiger partial charge in [-0.25, -0.2) is 18.7 Å². The summed E-state index contributed by atoms with van der Waals surface area (Å²) in [4.78, 5) is 20.1. The molecule has 0 saturated carbocycles. The predicted octanol–water partition coefficient (Wildman–Crippen LogP) is 2.62. The van der Waals surface area contributed by atoms with Crippen molar-refractivity contribution in [3.05, 3.63) is 66.1 Å². The highest BCUT2D eigenvalue weighted by molar-refractivity contribution is 5.86. The van der Waals surface area contributed by atoms with Crippen molar-refractivity contribution in [2.45, 2.75) is 19.0 Å². The van der Waals surface area contributed by atoms with Gasteiger partial charge in [0, 0.05) is 18.2 Å². The van der Waals surface area contributed by atoms with E-state index in [1.165, 1.54) is 12.3 Å². The molecule has 0 radical (unpaired) electrons. The molecule has 1 fully saturated rings. The van der Waals surface area contributed by atoms with Gasteiger partial charge in [-0.15, -0.1) is 0 Å². The second kappa shape index (κ2) is 8.17. The highest BCUT2D eigenvalue weighted by Gasteiger charge is 2.26. The Morgan fingerprint density at radius 3 is 2.81 bits per heavy atom. The zero-order valence-electron chi connectivity index (χ0n) is 16.6. The molecule has 0 aliphatic carbocycles. The van der Waals surface area contributed by atoms with Crippen molar-refractivity contribution in [2.24, 2.45) is 0 Å². The van der Waals surface area contributed by atoms with Crippen LogP contribution in [0.5, 0.6) is 0 Å². The Balaban J connectivity index is 1.52. The lowest BCUT2D eigenvalue weighted by molar-refractivity contribution is -0.119. The van der Waals surface area contributed by atoms with Gasteiger partial charge in [-0.3, -0.25) is 9.48 Å². The second-order valence-electron chi connectivity index (χ2n) is 7.22. The third-order valence-corrected chi connectivity index (χ3v) is 5.09.